The number of aliphatic hydroxyl groups is 1. The lowest BCUT2D eigenvalue weighted by Gasteiger charge is -2.25. The van der Waals surface area contributed by atoms with Crippen LogP contribution in [0.15, 0.2) is 0 Å². The first-order valence-corrected chi connectivity index (χ1v) is 5.66. The molecule has 1 unspecified atom stereocenters. The summed E-state index contributed by atoms with van der Waals surface area (Å²) in [6, 6.07) is 0.160. The summed E-state index contributed by atoms with van der Waals surface area (Å²) < 4.78 is 0. The van der Waals surface area contributed by atoms with Crippen LogP contribution in [0.2, 0.25) is 0 Å². The highest BCUT2D eigenvalue weighted by Crippen LogP contribution is 2.29. The van der Waals surface area contributed by atoms with E-state index in [1.165, 1.54) is 19.3 Å². The van der Waals surface area contributed by atoms with Crippen molar-refractivity contribution in [2.24, 2.45) is 5.92 Å². The summed E-state index contributed by atoms with van der Waals surface area (Å²) in [6.45, 7) is 2.19. The molecule has 2 N–H and O–H groups in total. The summed E-state index contributed by atoms with van der Waals surface area (Å²) in [6.07, 6.45) is 5.96. The van der Waals surface area contributed by atoms with Crippen molar-refractivity contribution in [2.45, 2.75) is 51.5 Å². The van der Waals surface area contributed by atoms with E-state index in [4.69, 9.17) is 5.11 Å². The fourth-order valence-electron chi connectivity index (χ4n) is 1.78. The number of aliphatic hydroxyl groups excluding tert-OH is 1. The van der Waals surface area contributed by atoms with E-state index < -0.39 is 0 Å². The molecule has 1 aliphatic rings. The van der Waals surface area contributed by atoms with Gasteiger partial charge >= 0.3 is 0 Å². The maximum absolute atomic E-state index is 11.5. The van der Waals surface area contributed by atoms with Gasteiger partial charge in [0.05, 0.1) is 0 Å². The fourth-order valence-corrected chi connectivity index (χ4v) is 1.78. The molecule has 1 rings (SSSR count). The lowest BCUT2D eigenvalue weighted by molar-refractivity contribution is -0.123. The summed E-state index contributed by atoms with van der Waals surface area (Å²) in [5.74, 6) is 0.789. The smallest absolute Gasteiger partial charge is 0.220 e. The van der Waals surface area contributed by atoms with Gasteiger partial charge in [-0.25, -0.2) is 0 Å². The zero-order chi connectivity index (χ0) is 10.4. The van der Waals surface area contributed by atoms with Crippen molar-refractivity contribution in [3.8, 4) is 0 Å². The molecule has 1 atom stereocenters. The van der Waals surface area contributed by atoms with Gasteiger partial charge in [-0.3, -0.25) is 4.79 Å². The molecule has 1 aliphatic carbocycles. The van der Waals surface area contributed by atoms with Crippen molar-refractivity contribution in [1.29, 1.82) is 0 Å². The van der Waals surface area contributed by atoms with Gasteiger partial charge in [-0.15, -0.1) is 0 Å². The van der Waals surface area contributed by atoms with Crippen LogP contribution in [0.1, 0.15) is 45.4 Å². The van der Waals surface area contributed by atoms with E-state index in [1.807, 2.05) is 6.92 Å². The topological polar surface area (TPSA) is 49.3 Å². The number of rotatable bonds is 6. The second-order valence-electron chi connectivity index (χ2n) is 4.19. The van der Waals surface area contributed by atoms with Gasteiger partial charge in [0.2, 0.25) is 5.91 Å². The first-order valence-electron chi connectivity index (χ1n) is 5.66. The molecule has 3 heteroatoms. The van der Waals surface area contributed by atoms with Gasteiger partial charge in [0.15, 0.2) is 0 Å². The molecule has 0 aromatic heterocycles. The third kappa shape index (κ3) is 3.66. The Kier molecular flexibility index (Phi) is 4.94. The molecule has 1 fully saturated rings. The van der Waals surface area contributed by atoms with Crippen molar-refractivity contribution in [3.63, 3.8) is 0 Å². The quantitative estimate of drug-likeness (QED) is 0.680. The second kappa shape index (κ2) is 6.02. The Hall–Kier alpha value is -0.570. The Labute approximate surface area is 85.9 Å². The second-order valence-corrected chi connectivity index (χ2v) is 4.19. The minimum Gasteiger partial charge on any atom is -0.396 e. The fraction of sp³-hybridized carbons (Fsp3) is 0.909. The Morgan fingerprint density at radius 1 is 1.57 bits per heavy atom. The molecule has 0 saturated heterocycles. The number of carbonyl (C=O) groups excluding carboxylic acids is 1. The normalized spacial score (nSPS) is 18.7. The van der Waals surface area contributed by atoms with Crippen LogP contribution < -0.4 is 5.32 Å². The van der Waals surface area contributed by atoms with Crippen LogP contribution in [0, 0.1) is 5.92 Å². The molecule has 0 aliphatic heterocycles. The van der Waals surface area contributed by atoms with Crippen molar-refractivity contribution < 1.29 is 9.90 Å². The Balaban J connectivity index is 2.15. The maximum atomic E-state index is 11.5. The number of hydrogen-bond donors (Lipinski definition) is 2. The van der Waals surface area contributed by atoms with Crippen LogP contribution in [0.4, 0.5) is 0 Å². The number of carbonyl (C=O) groups is 1. The third-order valence-corrected chi connectivity index (χ3v) is 3.03. The zero-order valence-corrected chi connectivity index (χ0v) is 8.96. The zero-order valence-electron chi connectivity index (χ0n) is 8.96. The van der Waals surface area contributed by atoms with Gasteiger partial charge in [0.25, 0.3) is 0 Å². The van der Waals surface area contributed by atoms with Crippen molar-refractivity contribution in [3.05, 3.63) is 0 Å². The Morgan fingerprint density at radius 3 is 2.71 bits per heavy atom. The average Bonchev–Trinajstić information content (AvgIpc) is 2.11. The van der Waals surface area contributed by atoms with E-state index >= 15 is 0 Å². The van der Waals surface area contributed by atoms with Crippen LogP contribution >= 0.6 is 0 Å². The number of nitrogens with one attached hydrogen (secondary N) is 1. The SMILES string of the molecule is CCC(CCO)NC(=O)CC1CCC1. The average molecular weight is 199 g/mol. The largest absolute Gasteiger partial charge is 0.396 e. The highest BCUT2D eigenvalue weighted by atomic mass is 16.3. The molecule has 0 radical (unpaired) electrons. The summed E-state index contributed by atoms with van der Waals surface area (Å²) in [7, 11) is 0. The van der Waals surface area contributed by atoms with E-state index in [1.54, 1.807) is 0 Å². The first kappa shape index (κ1) is 11.5. The highest BCUT2D eigenvalue weighted by molar-refractivity contribution is 5.76. The van der Waals surface area contributed by atoms with Gasteiger partial charge in [-0.05, 0) is 31.6 Å². The molecule has 1 amide bonds. The van der Waals surface area contributed by atoms with Crippen LogP contribution in [0.3, 0.4) is 0 Å². The molecule has 0 heterocycles. The van der Waals surface area contributed by atoms with Crippen molar-refractivity contribution in [1.82, 2.24) is 5.32 Å². The van der Waals surface area contributed by atoms with Gasteiger partial charge in [-0.1, -0.05) is 13.3 Å². The van der Waals surface area contributed by atoms with Gasteiger partial charge in [0, 0.05) is 19.1 Å². The summed E-state index contributed by atoms with van der Waals surface area (Å²) >= 11 is 0. The summed E-state index contributed by atoms with van der Waals surface area (Å²) in [5, 5.41) is 11.7. The molecular formula is C11H21NO2. The molecular weight excluding hydrogens is 178 g/mol. The van der Waals surface area contributed by atoms with Crippen molar-refractivity contribution >= 4 is 5.91 Å². The molecule has 3 nitrogen and oxygen atoms in total. The maximum Gasteiger partial charge on any atom is 0.220 e. The van der Waals surface area contributed by atoms with E-state index in [2.05, 4.69) is 5.32 Å². The Bertz CT molecular complexity index is 178. The molecule has 14 heavy (non-hydrogen) atoms. The lowest BCUT2D eigenvalue weighted by Crippen LogP contribution is -2.36. The summed E-state index contributed by atoms with van der Waals surface area (Å²) in [4.78, 5) is 11.5. The highest BCUT2D eigenvalue weighted by Gasteiger charge is 2.21. The molecule has 0 bridgehead atoms. The first-order chi connectivity index (χ1) is 6.76. The van der Waals surface area contributed by atoms with Crippen LogP contribution in [-0.4, -0.2) is 23.7 Å². The minimum absolute atomic E-state index is 0.155. The standard InChI is InChI=1S/C11H21NO2/c1-2-10(6-7-13)12-11(14)8-9-4-3-5-9/h9-10,13H,2-8H2,1H3,(H,12,14). The molecule has 82 valence electrons. The van der Waals surface area contributed by atoms with Crippen LogP contribution in [-0.2, 0) is 4.79 Å². The minimum atomic E-state index is 0.155. The van der Waals surface area contributed by atoms with Crippen LogP contribution in [0.5, 0.6) is 0 Å². The monoisotopic (exact) mass is 199 g/mol. The van der Waals surface area contributed by atoms with E-state index in [0.717, 1.165) is 6.42 Å². The lowest BCUT2D eigenvalue weighted by atomic mass is 9.83. The predicted octanol–water partition coefficient (Wildman–Crippen LogP) is 1.45. The van der Waals surface area contributed by atoms with Crippen LogP contribution in [0.25, 0.3) is 0 Å². The van der Waals surface area contributed by atoms with E-state index in [0.29, 0.717) is 18.8 Å². The molecule has 1 saturated carbocycles. The number of amides is 1. The number of hydrogen-bond acceptors (Lipinski definition) is 2. The summed E-state index contributed by atoms with van der Waals surface area (Å²) in [5.41, 5.74) is 0. The molecule has 0 spiro atoms. The van der Waals surface area contributed by atoms with E-state index in [-0.39, 0.29) is 18.6 Å². The molecule has 0 aromatic rings. The van der Waals surface area contributed by atoms with Gasteiger partial charge < -0.3 is 10.4 Å². The Morgan fingerprint density at radius 2 is 2.29 bits per heavy atom. The van der Waals surface area contributed by atoms with E-state index in [9.17, 15) is 4.79 Å². The van der Waals surface area contributed by atoms with Crippen molar-refractivity contribution in [2.75, 3.05) is 6.61 Å². The molecule has 0 aromatic carbocycles. The van der Waals surface area contributed by atoms with Gasteiger partial charge in [-0.2, -0.15) is 0 Å². The third-order valence-electron chi connectivity index (χ3n) is 3.03. The van der Waals surface area contributed by atoms with Gasteiger partial charge in [0.1, 0.15) is 0 Å². The predicted molar refractivity (Wildman–Crippen MR) is 55.9 cm³/mol.